The van der Waals surface area contributed by atoms with E-state index in [9.17, 15) is 4.79 Å². The number of carbonyl (C=O) groups excluding carboxylic acids is 1. The minimum atomic E-state index is 0.0265. The van der Waals surface area contributed by atoms with Crippen LogP contribution in [0.15, 0.2) is 24.3 Å². The molecule has 1 amide bonds. The van der Waals surface area contributed by atoms with Gasteiger partial charge in [0.05, 0.1) is 0 Å². The second kappa shape index (κ2) is 5.74. The summed E-state index contributed by atoms with van der Waals surface area (Å²) in [7, 11) is 0. The Morgan fingerprint density at radius 2 is 1.95 bits per heavy atom. The van der Waals surface area contributed by atoms with Gasteiger partial charge in [-0.05, 0) is 54.8 Å². The van der Waals surface area contributed by atoms with Gasteiger partial charge >= 0.3 is 0 Å². The Labute approximate surface area is 115 Å². The highest BCUT2D eigenvalue weighted by Crippen LogP contribution is 2.47. The van der Waals surface area contributed by atoms with Crippen molar-refractivity contribution in [1.29, 1.82) is 0 Å². The van der Waals surface area contributed by atoms with Gasteiger partial charge in [0.15, 0.2) is 0 Å². The molecule has 0 bridgehead atoms. The molecule has 0 unspecified atom stereocenters. The Balaban J connectivity index is 1.89. The third-order valence-corrected chi connectivity index (χ3v) is 4.10. The number of hydrogen-bond acceptors (Lipinski definition) is 2. The highest BCUT2D eigenvalue weighted by molar-refractivity contribution is 5.94. The maximum absolute atomic E-state index is 12.1. The van der Waals surface area contributed by atoms with Crippen LogP contribution in [-0.2, 0) is 0 Å². The Hall–Kier alpha value is -1.35. The first-order valence-corrected chi connectivity index (χ1v) is 7.14. The minimum absolute atomic E-state index is 0.0265. The molecule has 1 fully saturated rings. The number of carbonyl (C=O) groups is 1. The molecule has 19 heavy (non-hydrogen) atoms. The highest BCUT2D eigenvalue weighted by Gasteiger charge is 2.41. The maximum Gasteiger partial charge on any atom is 0.251 e. The molecule has 0 atom stereocenters. The van der Waals surface area contributed by atoms with E-state index in [1.165, 1.54) is 18.4 Å². The molecule has 104 valence electrons. The molecule has 0 radical (unpaired) electrons. The molecule has 3 N–H and O–H groups in total. The van der Waals surface area contributed by atoms with Crippen molar-refractivity contribution in [3.63, 3.8) is 0 Å². The summed E-state index contributed by atoms with van der Waals surface area (Å²) in [5, 5.41) is 3.04. The molecule has 3 heteroatoms. The van der Waals surface area contributed by atoms with Crippen molar-refractivity contribution in [3.8, 4) is 0 Å². The van der Waals surface area contributed by atoms with Crippen LogP contribution in [0.25, 0.3) is 0 Å². The van der Waals surface area contributed by atoms with E-state index < -0.39 is 0 Å². The van der Waals surface area contributed by atoms with E-state index in [2.05, 4.69) is 19.2 Å². The molecular weight excluding hydrogens is 236 g/mol. The molecule has 0 saturated heterocycles. The van der Waals surface area contributed by atoms with E-state index >= 15 is 0 Å². The molecule has 0 aliphatic heterocycles. The van der Waals surface area contributed by atoms with Crippen molar-refractivity contribution in [3.05, 3.63) is 35.4 Å². The van der Waals surface area contributed by atoms with Gasteiger partial charge in [0.25, 0.3) is 5.91 Å². The fraction of sp³-hybridized carbons (Fsp3) is 0.562. The Morgan fingerprint density at radius 1 is 1.32 bits per heavy atom. The highest BCUT2D eigenvalue weighted by atomic mass is 16.1. The third kappa shape index (κ3) is 3.57. The first kappa shape index (κ1) is 14.1. The lowest BCUT2D eigenvalue weighted by atomic mass is 10.0. The van der Waals surface area contributed by atoms with Crippen molar-refractivity contribution in [2.45, 2.75) is 39.0 Å². The molecule has 0 spiro atoms. The van der Waals surface area contributed by atoms with Crippen LogP contribution in [-0.4, -0.2) is 19.0 Å². The summed E-state index contributed by atoms with van der Waals surface area (Å²) in [6, 6.07) is 7.89. The number of amides is 1. The Kier molecular flexibility index (Phi) is 4.25. The van der Waals surface area contributed by atoms with Crippen molar-refractivity contribution < 1.29 is 4.79 Å². The summed E-state index contributed by atoms with van der Waals surface area (Å²) >= 11 is 0. The van der Waals surface area contributed by atoms with E-state index in [1.807, 2.05) is 24.3 Å². The number of nitrogens with one attached hydrogen (secondary N) is 1. The largest absolute Gasteiger partial charge is 0.351 e. The van der Waals surface area contributed by atoms with Gasteiger partial charge < -0.3 is 11.1 Å². The monoisotopic (exact) mass is 260 g/mol. The lowest BCUT2D eigenvalue weighted by Crippen LogP contribution is -2.31. The molecule has 1 aliphatic carbocycles. The van der Waals surface area contributed by atoms with Gasteiger partial charge in [-0.2, -0.15) is 0 Å². The summed E-state index contributed by atoms with van der Waals surface area (Å²) in [6.07, 6.45) is 3.40. The Morgan fingerprint density at radius 3 is 2.42 bits per heavy atom. The molecule has 1 aromatic carbocycles. The summed E-state index contributed by atoms with van der Waals surface area (Å²) < 4.78 is 0. The standard InChI is InChI=1S/C16H24N2O/c1-12(2)13-3-5-14(6-4-13)15(19)18-11-16(7-8-16)9-10-17/h3-6,12H,7-11,17H2,1-2H3,(H,18,19). The molecular formula is C16H24N2O. The average molecular weight is 260 g/mol. The van der Waals surface area contributed by atoms with Crippen LogP contribution in [0.2, 0.25) is 0 Å². The fourth-order valence-electron chi connectivity index (χ4n) is 2.39. The van der Waals surface area contributed by atoms with E-state index in [-0.39, 0.29) is 5.91 Å². The van der Waals surface area contributed by atoms with Gasteiger partial charge in [0.2, 0.25) is 0 Å². The van der Waals surface area contributed by atoms with E-state index in [4.69, 9.17) is 5.73 Å². The van der Waals surface area contributed by atoms with Crippen LogP contribution in [0.4, 0.5) is 0 Å². The van der Waals surface area contributed by atoms with Crippen molar-refractivity contribution >= 4 is 5.91 Å². The SMILES string of the molecule is CC(C)c1ccc(C(=O)NCC2(CCN)CC2)cc1. The first-order valence-electron chi connectivity index (χ1n) is 7.14. The molecule has 2 rings (SSSR count). The number of rotatable bonds is 6. The summed E-state index contributed by atoms with van der Waals surface area (Å²) in [6.45, 7) is 5.77. The zero-order valence-electron chi connectivity index (χ0n) is 11.9. The molecule has 1 saturated carbocycles. The zero-order valence-corrected chi connectivity index (χ0v) is 11.9. The van der Waals surface area contributed by atoms with Gasteiger partial charge in [-0.3, -0.25) is 4.79 Å². The minimum Gasteiger partial charge on any atom is -0.351 e. The van der Waals surface area contributed by atoms with E-state index in [0.717, 1.165) is 18.5 Å². The molecule has 0 heterocycles. The quantitative estimate of drug-likeness (QED) is 0.826. The van der Waals surface area contributed by atoms with Crippen molar-refractivity contribution in [2.75, 3.05) is 13.1 Å². The molecule has 3 nitrogen and oxygen atoms in total. The lowest BCUT2D eigenvalue weighted by Gasteiger charge is -2.15. The van der Waals surface area contributed by atoms with Crippen LogP contribution in [0.5, 0.6) is 0 Å². The second-order valence-corrected chi connectivity index (χ2v) is 6.00. The zero-order chi connectivity index (χ0) is 13.9. The maximum atomic E-state index is 12.1. The average Bonchev–Trinajstić information content (AvgIpc) is 3.17. The van der Waals surface area contributed by atoms with Crippen molar-refractivity contribution in [2.24, 2.45) is 11.1 Å². The van der Waals surface area contributed by atoms with Crippen LogP contribution >= 0.6 is 0 Å². The van der Waals surface area contributed by atoms with E-state index in [0.29, 0.717) is 17.9 Å². The fourth-order valence-corrected chi connectivity index (χ4v) is 2.39. The molecule has 1 aliphatic rings. The van der Waals surface area contributed by atoms with Crippen LogP contribution < -0.4 is 11.1 Å². The first-order chi connectivity index (χ1) is 9.06. The predicted octanol–water partition coefficient (Wildman–Crippen LogP) is 2.67. The van der Waals surface area contributed by atoms with Crippen LogP contribution in [0.1, 0.15) is 54.9 Å². The summed E-state index contributed by atoms with van der Waals surface area (Å²) in [4.78, 5) is 12.1. The summed E-state index contributed by atoms with van der Waals surface area (Å²) in [5.41, 5.74) is 7.90. The van der Waals surface area contributed by atoms with Crippen molar-refractivity contribution in [1.82, 2.24) is 5.32 Å². The normalized spacial score (nSPS) is 16.4. The topological polar surface area (TPSA) is 55.1 Å². The third-order valence-electron chi connectivity index (χ3n) is 4.10. The number of hydrogen-bond donors (Lipinski definition) is 2. The molecule has 0 aromatic heterocycles. The van der Waals surface area contributed by atoms with Gasteiger partial charge in [-0.25, -0.2) is 0 Å². The van der Waals surface area contributed by atoms with Gasteiger partial charge in [-0.15, -0.1) is 0 Å². The number of benzene rings is 1. The van der Waals surface area contributed by atoms with Gasteiger partial charge in [0, 0.05) is 12.1 Å². The predicted molar refractivity (Wildman–Crippen MR) is 78.2 cm³/mol. The molecule has 1 aromatic rings. The summed E-state index contributed by atoms with van der Waals surface area (Å²) in [5.74, 6) is 0.523. The van der Waals surface area contributed by atoms with Crippen LogP contribution in [0.3, 0.4) is 0 Å². The lowest BCUT2D eigenvalue weighted by molar-refractivity contribution is 0.0944. The smallest absolute Gasteiger partial charge is 0.251 e. The van der Waals surface area contributed by atoms with Gasteiger partial charge in [-0.1, -0.05) is 26.0 Å². The van der Waals surface area contributed by atoms with E-state index in [1.54, 1.807) is 0 Å². The second-order valence-electron chi connectivity index (χ2n) is 6.00. The Bertz CT molecular complexity index is 433. The number of nitrogens with two attached hydrogens (primary N) is 1. The van der Waals surface area contributed by atoms with Gasteiger partial charge in [0.1, 0.15) is 0 Å². The van der Waals surface area contributed by atoms with Crippen LogP contribution in [0, 0.1) is 5.41 Å².